The highest BCUT2D eigenvalue weighted by molar-refractivity contribution is 9.10. The fourth-order valence-electron chi connectivity index (χ4n) is 3.06. The third-order valence-corrected chi connectivity index (χ3v) is 4.86. The molecule has 1 aliphatic rings. The lowest BCUT2D eigenvalue weighted by Gasteiger charge is -2.21. The van der Waals surface area contributed by atoms with Crippen LogP contribution in [0.15, 0.2) is 69.6 Å². The highest BCUT2D eigenvalue weighted by Gasteiger charge is 2.33. The number of halogens is 2. The van der Waals surface area contributed by atoms with Gasteiger partial charge in [0.25, 0.3) is 0 Å². The maximum Gasteiger partial charge on any atom is 0.235 e. The van der Waals surface area contributed by atoms with E-state index in [2.05, 4.69) is 21.2 Å². The first-order valence-corrected chi connectivity index (χ1v) is 9.01. The van der Waals surface area contributed by atoms with Gasteiger partial charge in [-0.05, 0) is 54.1 Å². The molecule has 1 atom stereocenters. The molecule has 4 nitrogen and oxygen atoms in total. The molecule has 4 rings (SSSR count). The fraction of sp³-hybridized carbons (Fsp3) is 0.150. The molecular formula is C20H16BrFN2O2. The monoisotopic (exact) mass is 414 g/mol. The van der Waals surface area contributed by atoms with Crippen molar-refractivity contribution < 1.29 is 13.6 Å². The molecule has 6 heteroatoms. The normalized spacial score (nSPS) is 17.5. The molecule has 2 aromatic carbocycles. The van der Waals surface area contributed by atoms with Gasteiger partial charge >= 0.3 is 0 Å². The predicted octanol–water partition coefficient (Wildman–Crippen LogP) is 4.48. The number of carbonyl (C=O) groups is 1. The minimum Gasteiger partial charge on any atom is -0.457 e. The molecule has 0 spiro atoms. The van der Waals surface area contributed by atoms with Crippen LogP contribution < -0.4 is 5.32 Å². The fourth-order valence-corrected chi connectivity index (χ4v) is 3.32. The summed E-state index contributed by atoms with van der Waals surface area (Å²) in [4.78, 5) is 14.0. The van der Waals surface area contributed by atoms with Crippen LogP contribution in [0.1, 0.15) is 17.5 Å². The Bertz CT molecular complexity index is 922. The molecular weight excluding hydrogens is 399 g/mol. The van der Waals surface area contributed by atoms with Gasteiger partial charge in [-0.1, -0.05) is 28.1 Å². The van der Waals surface area contributed by atoms with Gasteiger partial charge in [0.2, 0.25) is 5.91 Å². The summed E-state index contributed by atoms with van der Waals surface area (Å²) in [6.07, 6.45) is -0.319. The summed E-state index contributed by atoms with van der Waals surface area (Å²) in [6, 6.07) is 17.8. The summed E-state index contributed by atoms with van der Waals surface area (Å²) in [7, 11) is 0. The van der Waals surface area contributed by atoms with Crippen LogP contribution in [0.25, 0.3) is 11.3 Å². The standard InChI is InChI=1S/C20H16BrFN2O2/c21-15-5-1-13(2-6-15)11-24-12-19(25)23-20(24)18-10-9-17(26-18)14-3-7-16(22)8-4-14/h1-10,20H,11-12H2,(H,23,25). The Morgan fingerprint density at radius 1 is 1.08 bits per heavy atom. The first-order chi connectivity index (χ1) is 12.6. The van der Waals surface area contributed by atoms with E-state index in [4.69, 9.17) is 4.42 Å². The zero-order chi connectivity index (χ0) is 18.1. The van der Waals surface area contributed by atoms with Gasteiger partial charge in [-0.25, -0.2) is 4.39 Å². The van der Waals surface area contributed by atoms with Crippen LogP contribution in [0.3, 0.4) is 0 Å². The van der Waals surface area contributed by atoms with Gasteiger partial charge in [0.05, 0.1) is 6.54 Å². The molecule has 2 heterocycles. The summed E-state index contributed by atoms with van der Waals surface area (Å²) in [6.45, 7) is 0.941. The number of hydrogen-bond donors (Lipinski definition) is 1. The minimum absolute atomic E-state index is 0.0353. The molecule has 1 aromatic heterocycles. The quantitative estimate of drug-likeness (QED) is 0.684. The number of nitrogens with zero attached hydrogens (tertiary/aromatic N) is 1. The van der Waals surface area contributed by atoms with Crippen LogP contribution in [0, 0.1) is 5.82 Å². The van der Waals surface area contributed by atoms with Crippen molar-refractivity contribution >= 4 is 21.8 Å². The number of benzene rings is 2. The summed E-state index contributed by atoms with van der Waals surface area (Å²) >= 11 is 3.43. The van der Waals surface area contributed by atoms with Gasteiger partial charge in [-0.3, -0.25) is 9.69 Å². The second-order valence-electron chi connectivity index (χ2n) is 6.21. The topological polar surface area (TPSA) is 45.5 Å². The molecule has 1 saturated heterocycles. The lowest BCUT2D eigenvalue weighted by atomic mass is 10.2. The molecule has 1 N–H and O–H groups in total. The van der Waals surface area contributed by atoms with E-state index in [9.17, 15) is 9.18 Å². The van der Waals surface area contributed by atoms with E-state index in [1.165, 1.54) is 12.1 Å². The summed E-state index contributed by atoms with van der Waals surface area (Å²) in [5.74, 6) is 0.980. The van der Waals surface area contributed by atoms with Crippen LogP contribution in [-0.4, -0.2) is 17.4 Å². The Balaban J connectivity index is 1.56. The van der Waals surface area contributed by atoms with Gasteiger partial charge in [-0.2, -0.15) is 0 Å². The van der Waals surface area contributed by atoms with Crippen LogP contribution in [-0.2, 0) is 11.3 Å². The molecule has 26 heavy (non-hydrogen) atoms. The largest absolute Gasteiger partial charge is 0.457 e. The van der Waals surface area contributed by atoms with Crippen LogP contribution in [0.2, 0.25) is 0 Å². The van der Waals surface area contributed by atoms with Crippen molar-refractivity contribution in [1.82, 2.24) is 10.2 Å². The smallest absolute Gasteiger partial charge is 0.235 e. The van der Waals surface area contributed by atoms with Gasteiger partial charge in [-0.15, -0.1) is 0 Å². The van der Waals surface area contributed by atoms with Gasteiger partial charge in [0.1, 0.15) is 23.5 Å². The first kappa shape index (κ1) is 17.0. The van der Waals surface area contributed by atoms with Gasteiger partial charge in [0.15, 0.2) is 0 Å². The van der Waals surface area contributed by atoms with Crippen LogP contribution in [0.5, 0.6) is 0 Å². The Kier molecular flexibility index (Phi) is 4.61. The van der Waals surface area contributed by atoms with E-state index < -0.39 is 0 Å². The van der Waals surface area contributed by atoms with Gasteiger partial charge < -0.3 is 9.73 Å². The average Bonchev–Trinajstić information content (AvgIpc) is 3.24. The van der Waals surface area contributed by atoms with E-state index >= 15 is 0 Å². The lowest BCUT2D eigenvalue weighted by Crippen LogP contribution is -2.27. The van der Waals surface area contributed by atoms with Crippen molar-refractivity contribution in [3.05, 3.63) is 82.3 Å². The SMILES string of the molecule is O=C1CN(Cc2ccc(Br)cc2)C(c2ccc(-c3ccc(F)cc3)o2)N1. The van der Waals surface area contributed by atoms with Crippen molar-refractivity contribution in [3.8, 4) is 11.3 Å². The van der Waals surface area contributed by atoms with Crippen molar-refractivity contribution in [3.63, 3.8) is 0 Å². The van der Waals surface area contributed by atoms with Crippen molar-refractivity contribution in [1.29, 1.82) is 0 Å². The maximum absolute atomic E-state index is 13.1. The van der Waals surface area contributed by atoms with E-state index in [-0.39, 0.29) is 17.9 Å². The van der Waals surface area contributed by atoms with Crippen molar-refractivity contribution in [2.75, 3.05) is 6.54 Å². The lowest BCUT2D eigenvalue weighted by molar-refractivity contribution is -0.118. The maximum atomic E-state index is 13.1. The number of furan rings is 1. The number of nitrogens with one attached hydrogen (secondary N) is 1. The second kappa shape index (κ2) is 7.05. The third-order valence-electron chi connectivity index (χ3n) is 4.33. The molecule has 1 fully saturated rings. The number of rotatable bonds is 4. The minimum atomic E-state index is -0.319. The Morgan fingerprint density at radius 3 is 2.54 bits per heavy atom. The van der Waals surface area contributed by atoms with E-state index in [1.54, 1.807) is 12.1 Å². The second-order valence-corrected chi connectivity index (χ2v) is 7.13. The van der Waals surface area contributed by atoms with E-state index in [0.29, 0.717) is 24.6 Å². The first-order valence-electron chi connectivity index (χ1n) is 8.22. The number of hydrogen-bond acceptors (Lipinski definition) is 3. The average molecular weight is 415 g/mol. The molecule has 0 aliphatic carbocycles. The highest BCUT2D eigenvalue weighted by atomic mass is 79.9. The Morgan fingerprint density at radius 2 is 1.81 bits per heavy atom. The molecule has 132 valence electrons. The molecule has 3 aromatic rings. The number of carbonyl (C=O) groups excluding carboxylic acids is 1. The third kappa shape index (κ3) is 3.57. The summed E-state index contributed by atoms with van der Waals surface area (Å²) in [5.41, 5.74) is 1.90. The molecule has 0 radical (unpaired) electrons. The Hall–Kier alpha value is -2.44. The van der Waals surface area contributed by atoms with Crippen LogP contribution in [0.4, 0.5) is 4.39 Å². The number of amides is 1. The summed E-state index contributed by atoms with van der Waals surface area (Å²) in [5, 5.41) is 2.95. The zero-order valence-electron chi connectivity index (χ0n) is 13.8. The highest BCUT2D eigenvalue weighted by Crippen LogP contribution is 2.30. The van der Waals surface area contributed by atoms with E-state index in [1.807, 2.05) is 41.3 Å². The summed E-state index contributed by atoms with van der Waals surface area (Å²) < 4.78 is 20.1. The van der Waals surface area contributed by atoms with Gasteiger partial charge in [0, 0.05) is 16.6 Å². The Labute approximate surface area is 158 Å². The van der Waals surface area contributed by atoms with E-state index in [0.717, 1.165) is 15.6 Å². The zero-order valence-corrected chi connectivity index (χ0v) is 15.4. The van der Waals surface area contributed by atoms with Crippen LogP contribution >= 0.6 is 15.9 Å². The van der Waals surface area contributed by atoms with Crippen molar-refractivity contribution in [2.45, 2.75) is 12.7 Å². The molecule has 1 aliphatic heterocycles. The molecule has 1 amide bonds. The van der Waals surface area contributed by atoms with Crippen molar-refractivity contribution in [2.24, 2.45) is 0 Å². The predicted molar refractivity (Wildman–Crippen MR) is 99.5 cm³/mol. The molecule has 0 saturated carbocycles. The molecule has 0 bridgehead atoms. The molecule has 1 unspecified atom stereocenters.